The Balaban J connectivity index is 1.63. The maximum absolute atomic E-state index is 11.9. The van der Waals surface area contributed by atoms with Gasteiger partial charge >= 0.3 is 5.76 Å². The molecule has 0 aliphatic carbocycles. The molecule has 1 aromatic carbocycles. The Morgan fingerprint density at radius 2 is 2.09 bits per heavy atom. The summed E-state index contributed by atoms with van der Waals surface area (Å²) in [6.45, 7) is 0.570. The molecule has 1 amide bonds. The van der Waals surface area contributed by atoms with Gasteiger partial charge in [-0.3, -0.25) is 9.36 Å². The number of aryl methyl sites for hydroxylation is 1. The third-order valence-electron chi connectivity index (χ3n) is 3.30. The second kappa shape index (κ2) is 6.62. The van der Waals surface area contributed by atoms with Crippen molar-refractivity contribution in [2.75, 3.05) is 0 Å². The highest BCUT2D eigenvalue weighted by Crippen LogP contribution is 2.18. The smallest absolute Gasteiger partial charge is 0.408 e. The fourth-order valence-corrected chi connectivity index (χ4v) is 2.34. The van der Waals surface area contributed by atoms with Crippen molar-refractivity contribution in [3.63, 3.8) is 0 Å². The van der Waals surface area contributed by atoms with E-state index in [1.807, 2.05) is 0 Å². The summed E-state index contributed by atoms with van der Waals surface area (Å²) in [7, 11) is 0. The van der Waals surface area contributed by atoms with Gasteiger partial charge in [0.1, 0.15) is 6.33 Å². The molecule has 0 unspecified atom stereocenters. The molecule has 1 N–H and O–H groups in total. The van der Waals surface area contributed by atoms with E-state index in [0.717, 1.165) is 5.56 Å². The van der Waals surface area contributed by atoms with Crippen LogP contribution in [0.3, 0.4) is 0 Å². The van der Waals surface area contributed by atoms with Gasteiger partial charge < -0.3 is 9.73 Å². The maximum atomic E-state index is 11.9. The van der Waals surface area contributed by atoms with Crippen molar-refractivity contribution in [1.29, 1.82) is 0 Å². The molecule has 2 heterocycles. The van der Waals surface area contributed by atoms with Gasteiger partial charge in [0, 0.05) is 48.6 Å². The highest BCUT2D eigenvalue weighted by molar-refractivity contribution is 6.31. The third kappa shape index (κ3) is 3.57. The SMILES string of the molecule is O=C(CCn1c(=O)oc2cc(Cl)ccc21)NCc1cncnc1. The first-order valence-electron chi connectivity index (χ1n) is 6.93. The number of nitrogens with zero attached hydrogens (tertiary/aromatic N) is 3. The van der Waals surface area contributed by atoms with Gasteiger partial charge in [0.25, 0.3) is 0 Å². The van der Waals surface area contributed by atoms with E-state index in [9.17, 15) is 9.59 Å². The quantitative estimate of drug-likeness (QED) is 0.768. The molecule has 0 saturated heterocycles. The lowest BCUT2D eigenvalue weighted by molar-refractivity contribution is -0.121. The Labute approximate surface area is 135 Å². The molecular formula is C15H13ClN4O3. The molecule has 3 aromatic rings. The zero-order valence-corrected chi connectivity index (χ0v) is 12.8. The maximum Gasteiger partial charge on any atom is 0.419 e. The van der Waals surface area contributed by atoms with Gasteiger partial charge in [0.2, 0.25) is 5.91 Å². The van der Waals surface area contributed by atoms with Gasteiger partial charge in [-0.2, -0.15) is 0 Å². The Morgan fingerprint density at radius 1 is 1.30 bits per heavy atom. The van der Waals surface area contributed by atoms with Crippen LogP contribution in [0.1, 0.15) is 12.0 Å². The fourth-order valence-electron chi connectivity index (χ4n) is 2.18. The van der Waals surface area contributed by atoms with Crippen LogP contribution in [0.4, 0.5) is 0 Å². The van der Waals surface area contributed by atoms with E-state index in [4.69, 9.17) is 16.0 Å². The van der Waals surface area contributed by atoms with Crippen molar-refractivity contribution in [3.05, 3.63) is 58.1 Å². The summed E-state index contributed by atoms with van der Waals surface area (Å²) in [6.07, 6.45) is 4.84. The van der Waals surface area contributed by atoms with Crippen molar-refractivity contribution in [1.82, 2.24) is 19.9 Å². The second-order valence-corrected chi connectivity index (χ2v) is 5.34. The topological polar surface area (TPSA) is 90.0 Å². The van der Waals surface area contributed by atoms with Gasteiger partial charge in [0.05, 0.1) is 5.52 Å². The van der Waals surface area contributed by atoms with Crippen molar-refractivity contribution in [2.24, 2.45) is 0 Å². The monoisotopic (exact) mass is 332 g/mol. The van der Waals surface area contributed by atoms with Gasteiger partial charge in [-0.05, 0) is 12.1 Å². The summed E-state index contributed by atoms with van der Waals surface area (Å²) >= 11 is 5.86. The van der Waals surface area contributed by atoms with E-state index in [1.165, 1.54) is 10.9 Å². The minimum Gasteiger partial charge on any atom is -0.408 e. The molecule has 0 bridgehead atoms. The number of oxazole rings is 1. The van der Waals surface area contributed by atoms with Gasteiger partial charge in [-0.15, -0.1) is 0 Å². The van der Waals surface area contributed by atoms with E-state index in [-0.39, 0.29) is 18.9 Å². The standard InChI is InChI=1S/C15H13ClN4O3/c16-11-1-2-12-13(5-11)23-15(22)20(12)4-3-14(21)19-8-10-6-17-9-18-7-10/h1-2,5-7,9H,3-4,8H2,(H,19,21). The summed E-state index contributed by atoms with van der Waals surface area (Å²) in [5, 5.41) is 3.24. The molecule has 2 aromatic heterocycles. The first-order chi connectivity index (χ1) is 11.1. The van der Waals surface area contributed by atoms with Crippen LogP contribution in [0.25, 0.3) is 11.1 Å². The second-order valence-electron chi connectivity index (χ2n) is 4.91. The highest BCUT2D eigenvalue weighted by atomic mass is 35.5. The van der Waals surface area contributed by atoms with Crippen LogP contribution in [0.15, 0.2) is 46.1 Å². The van der Waals surface area contributed by atoms with E-state index in [0.29, 0.717) is 22.7 Å². The molecule has 3 rings (SSSR count). The molecule has 118 valence electrons. The number of carbonyl (C=O) groups excluding carboxylic acids is 1. The molecule has 0 atom stereocenters. The number of aromatic nitrogens is 3. The third-order valence-corrected chi connectivity index (χ3v) is 3.53. The summed E-state index contributed by atoms with van der Waals surface area (Å²) in [5.74, 6) is -0.685. The van der Waals surface area contributed by atoms with E-state index >= 15 is 0 Å². The lowest BCUT2D eigenvalue weighted by Crippen LogP contribution is -2.25. The summed E-state index contributed by atoms with van der Waals surface area (Å²) in [5.41, 5.74) is 1.83. The van der Waals surface area contributed by atoms with Crippen molar-refractivity contribution in [2.45, 2.75) is 19.5 Å². The van der Waals surface area contributed by atoms with Crippen molar-refractivity contribution < 1.29 is 9.21 Å². The molecule has 0 aliphatic rings. The van der Waals surface area contributed by atoms with E-state index in [2.05, 4.69) is 15.3 Å². The lowest BCUT2D eigenvalue weighted by Gasteiger charge is -2.05. The van der Waals surface area contributed by atoms with E-state index in [1.54, 1.807) is 30.6 Å². The molecule has 0 aliphatic heterocycles. The van der Waals surface area contributed by atoms with Crippen LogP contribution in [-0.4, -0.2) is 20.4 Å². The lowest BCUT2D eigenvalue weighted by atomic mass is 10.3. The molecule has 8 heteroatoms. The number of hydrogen-bond acceptors (Lipinski definition) is 5. The van der Waals surface area contributed by atoms with Crippen LogP contribution >= 0.6 is 11.6 Å². The van der Waals surface area contributed by atoms with Crippen molar-refractivity contribution in [3.8, 4) is 0 Å². The molecular weight excluding hydrogens is 320 g/mol. The average molecular weight is 333 g/mol. The predicted molar refractivity (Wildman–Crippen MR) is 84.0 cm³/mol. The van der Waals surface area contributed by atoms with Crippen molar-refractivity contribution >= 4 is 28.6 Å². The average Bonchev–Trinajstić information content (AvgIpc) is 2.86. The fraction of sp³-hybridized carbons (Fsp3) is 0.200. The molecule has 7 nitrogen and oxygen atoms in total. The first-order valence-corrected chi connectivity index (χ1v) is 7.31. The summed E-state index contributed by atoms with van der Waals surface area (Å²) in [6, 6.07) is 4.94. The number of halogens is 1. The zero-order chi connectivity index (χ0) is 16.2. The van der Waals surface area contributed by atoms with Crippen LogP contribution in [-0.2, 0) is 17.9 Å². The first kappa shape index (κ1) is 15.2. The Morgan fingerprint density at radius 3 is 2.87 bits per heavy atom. The predicted octanol–water partition coefficient (Wildman–Crippen LogP) is 1.74. The largest absolute Gasteiger partial charge is 0.419 e. The minimum absolute atomic E-state index is 0.158. The van der Waals surface area contributed by atoms with Gasteiger partial charge in [-0.1, -0.05) is 11.6 Å². The molecule has 0 fully saturated rings. The minimum atomic E-state index is -0.508. The number of amides is 1. The zero-order valence-electron chi connectivity index (χ0n) is 12.0. The summed E-state index contributed by atoms with van der Waals surface area (Å²) < 4.78 is 6.53. The number of rotatable bonds is 5. The molecule has 23 heavy (non-hydrogen) atoms. The number of benzene rings is 1. The van der Waals surface area contributed by atoms with Gasteiger partial charge in [-0.25, -0.2) is 14.8 Å². The van der Waals surface area contributed by atoms with Crippen LogP contribution in [0.5, 0.6) is 0 Å². The number of carbonyl (C=O) groups is 1. The molecule has 0 spiro atoms. The van der Waals surface area contributed by atoms with Crippen LogP contribution in [0, 0.1) is 0 Å². The molecule has 0 saturated carbocycles. The van der Waals surface area contributed by atoms with E-state index < -0.39 is 5.76 Å². The van der Waals surface area contributed by atoms with Crippen LogP contribution < -0.4 is 11.1 Å². The normalized spacial score (nSPS) is 10.8. The Hall–Kier alpha value is -2.67. The number of fused-ring (bicyclic) bond motifs is 1. The Kier molecular flexibility index (Phi) is 4.38. The number of hydrogen-bond donors (Lipinski definition) is 1. The highest BCUT2D eigenvalue weighted by Gasteiger charge is 2.11. The Bertz CT molecular complexity index is 889. The number of nitrogens with one attached hydrogen (secondary N) is 1. The van der Waals surface area contributed by atoms with Gasteiger partial charge in [0.15, 0.2) is 5.58 Å². The molecule has 0 radical (unpaired) electrons. The summed E-state index contributed by atoms with van der Waals surface area (Å²) in [4.78, 5) is 31.5. The van der Waals surface area contributed by atoms with Crippen LogP contribution in [0.2, 0.25) is 5.02 Å².